The Balaban J connectivity index is 1.17. The van der Waals surface area contributed by atoms with Crippen LogP contribution < -0.4 is 41.4 Å². The highest BCUT2D eigenvalue weighted by atomic mass is 28.3. The Morgan fingerprint density at radius 1 is 0.530 bits per heavy atom. The quantitative estimate of drug-likeness (QED) is 0.165. The molecular formula is C61H49BN2OSi. The molecule has 9 aromatic carbocycles. The van der Waals surface area contributed by atoms with E-state index >= 15 is 0 Å². The zero-order valence-corrected chi connectivity index (χ0v) is 39.1. The molecular weight excluding hydrogens is 816 g/mol. The molecule has 1 aromatic heterocycles. The summed E-state index contributed by atoms with van der Waals surface area (Å²) in [4.78, 5) is 5.39. The van der Waals surface area contributed by atoms with Gasteiger partial charge in [-0.3, -0.25) is 0 Å². The van der Waals surface area contributed by atoms with Crippen molar-refractivity contribution >= 4 is 108 Å². The highest BCUT2D eigenvalue weighted by molar-refractivity contribution is 7.22. The number of anilines is 5. The molecule has 0 amide bonds. The lowest BCUT2D eigenvalue weighted by Crippen LogP contribution is -2.79. The zero-order chi connectivity index (χ0) is 44.3. The smallest absolute Gasteiger partial charge is 0.333 e. The molecule has 0 fully saturated rings. The van der Waals surface area contributed by atoms with Crippen molar-refractivity contribution in [3.05, 3.63) is 199 Å². The van der Waals surface area contributed by atoms with Crippen LogP contribution in [0.4, 0.5) is 28.4 Å². The first kappa shape index (κ1) is 38.2. The number of nitrogens with zero attached hydrogens (tertiary/aromatic N) is 2. The van der Waals surface area contributed by atoms with Crippen LogP contribution in [0.1, 0.15) is 57.2 Å². The predicted molar refractivity (Wildman–Crippen MR) is 282 cm³/mol. The van der Waals surface area contributed by atoms with E-state index in [1.54, 1.807) is 0 Å². The topological polar surface area (TPSA) is 19.6 Å². The highest BCUT2D eigenvalue weighted by Gasteiger charge is 2.55. The van der Waals surface area contributed by atoms with E-state index in [0.29, 0.717) is 0 Å². The maximum Gasteiger partial charge on any atom is 0.333 e. The molecule has 0 saturated carbocycles. The number of hydrogen-bond donors (Lipinski definition) is 0. The number of furan rings is 1. The minimum absolute atomic E-state index is 0.0311. The summed E-state index contributed by atoms with van der Waals surface area (Å²) in [7, 11) is -2.90. The van der Waals surface area contributed by atoms with Gasteiger partial charge in [0.15, 0.2) is 13.7 Å². The molecule has 0 spiro atoms. The van der Waals surface area contributed by atoms with Crippen LogP contribution >= 0.6 is 0 Å². The first-order valence-electron chi connectivity index (χ1n) is 23.8. The van der Waals surface area contributed by atoms with Gasteiger partial charge in [-0.1, -0.05) is 185 Å². The van der Waals surface area contributed by atoms with E-state index in [2.05, 4.69) is 226 Å². The Hall–Kier alpha value is -7.08. The number of benzene rings is 9. The number of hydrogen-bond acceptors (Lipinski definition) is 3. The monoisotopic (exact) mass is 864 g/mol. The van der Waals surface area contributed by atoms with Crippen LogP contribution in [-0.4, -0.2) is 14.9 Å². The van der Waals surface area contributed by atoms with Gasteiger partial charge in [-0.15, -0.1) is 0 Å². The van der Waals surface area contributed by atoms with E-state index < -0.39 is 8.07 Å². The molecule has 0 radical (unpaired) electrons. The normalized spacial score (nSPS) is 16.7. The second-order valence-electron chi connectivity index (χ2n) is 20.6. The fourth-order valence-electron chi connectivity index (χ4n) is 13.1. The zero-order valence-electron chi connectivity index (χ0n) is 38.1. The molecule has 4 aliphatic rings. The van der Waals surface area contributed by atoms with Gasteiger partial charge in [-0.2, -0.15) is 0 Å². The standard InChI is InChI=1S/C61H49BN2OSi/c1-38-35-46-47(61(4,5)34-33-60(46,2)3)37-50(38)63-51-36-39-19-12-13-24-42(39)55-45-26-18-30-54-57(45)64(62(56(51)55)48-32-31-44-43-25-14-16-28-52(43)65-59(44)58(48)63)49-27-15-17-29-53(49)66(54,40-20-8-6-9-21-40)41-22-10-7-11-23-41/h6-32,35-37H,33-34H2,1-5H3. The maximum atomic E-state index is 7.21. The summed E-state index contributed by atoms with van der Waals surface area (Å²) < 4.78 is 7.21. The fourth-order valence-corrected chi connectivity index (χ4v) is 18.2. The number of aryl methyl sites for hydroxylation is 1. The Bertz CT molecular complexity index is 3660. The maximum absolute atomic E-state index is 7.21. The van der Waals surface area contributed by atoms with Crippen molar-refractivity contribution in [2.75, 3.05) is 9.71 Å². The second kappa shape index (κ2) is 13.3. The van der Waals surface area contributed by atoms with Gasteiger partial charge >= 0.3 is 6.85 Å². The molecule has 14 rings (SSSR count). The molecule has 0 saturated heterocycles. The van der Waals surface area contributed by atoms with Gasteiger partial charge in [0, 0.05) is 39.1 Å². The van der Waals surface area contributed by atoms with Crippen LogP contribution in [0, 0.1) is 6.92 Å². The van der Waals surface area contributed by atoms with Gasteiger partial charge in [-0.25, -0.2) is 0 Å². The largest absolute Gasteiger partial charge is 0.454 e. The first-order valence-corrected chi connectivity index (χ1v) is 25.8. The molecule has 1 aliphatic carbocycles. The van der Waals surface area contributed by atoms with Crippen molar-refractivity contribution < 1.29 is 4.42 Å². The predicted octanol–water partition coefficient (Wildman–Crippen LogP) is 11.8. The van der Waals surface area contributed by atoms with Crippen molar-refractivity contribution in [2.45, 2.75) is 58.3 Å². The van der Waals surface area contributed by atoms with Crippen molar-refractivity contribution in [3.8, 4) is 11.1 Å². The van der Waals surface area contributed by atoms with E-state index in [4.69, 9.17) is 4.42 Å². The number of para-hydroxylation sites is 3. The van der Waals surface area contributed by atoms with Gasteiger partial charge in [-0.05, 0) is 120 Å². The summed E-state index contributed by atoms with van der Waals surface area (Å²) in [6, 6.07) is 69.6. The Morgan fingerprint density at radius 3 is 1.92 bits per heavy atom. The average Bonchev–Trinajstić information content (AvgIpc) is 3.73. The molecule has 5 heteroatoms. The van der Waals surface area contributed by atoms with Crippen molar-refractivity contribution in [1.82, 2.24) is 0 Å². The molecule has 0 atom stereocenters. The number of fused-ring (bicyclic) bond motifs is 13. The SMILES string of the molecule is Cc1cc2c(cc1N1c3cc4ccccc4c4c3B(c3ccc5c(oc6ccccc65)c31)N1c3ccccc3[Si](c3ccccc3)(c3ccccc3)c3cccc-4c31)C(C)(C)CCC2(C)C. The molecule has 3 nitrogen and oxygen atoms in total. The van der Waals surface area contributed by atoms with Crippen molar-refractivity contribution in [1.29, 1.82) is 0 Å². The van der Waals surface area contributed by atoms with E-state index in [9.17, 15) is 0 Å². The number of rotatable bonds is 3. The summed E-state index contributed by atoms with van der Waals surface area (Å²) in [5, 5.41) is 10.5. The average molecular weight is 865 g/mol. The molecule has 10 aromatic rings. The van der Waals surface area contributed by atoms with Crippen LogP contribution in [0.25, 0.3) is 43.8 Å². The van der Waals surface area contributed by atoms with Crippen LogP contribution in [0.3, 0.4) is 0 Å². The summed E-state index contributed by atoms with van der Waals surface area (Å²) in [6.45, 7) is 12.0. The lowest BCUT2D eigenvalue weighted by molar-refractivity contribution is 0.332. The van der Waals surface area contributed by atoms with E-state index in [1.165, 1.54) is 99.4 Å². The van der Waals surface area contributed by atoms with E-state index in [1.807, 2.05) is 0 Å². The Morgan fingerprint density at radius 2 is 1.17 bits per heavy atom. The molecule has 0 unspecified atom stereocenters. The van der Waals surface area contributed by atoms with Crippen LogP contribution in [0.5, 0.6) is 0 Å². The molecule has 0 N–H and O–H groups in total. The molecule has 0 bridgehead atoms. The van der Waals surface area contributed by atoms with Crippen molar-refractivity contribution in [3.63, 3.8) is 0 Å². The minimum atomic E-state index is -2.90. The summed E-state index contributed by atoms with van der Waals surface area (Å²) in [5.74, 6) is 0. The Kier molecular flexibility index (Phi) is 7.68. The third-order valence-corrected chi connectivity index (χ3v) is 21.1. The molecule has 66 heavy (non-hydrogen) atoms. The van der Waals surface area contributed by atoms with E-state index in [0.717, 1.165) is 34.0 Å². The van der Waals surface area contributed by atoms with Gasteiger partial charge in [0.2, 0.25) is 0 Å². The lowest BCUT2D eigenvalue weighted by atomic mass is 9.43. The summed E-state index contributed by atoms with van der Waals surface area (Å²) >= 11 is 0. The van der Waals surface area contributed by atoms with Crippen molar-refractivity contribution in [2.24, 2.45) is 0 Å². The summed E-state index contributed by atoms with van der Waals surface area (Å²) in [5.41, 5.74) is 17.6. The Labute approximate surface area is 388 Å². The van der Waals surface area contributed by atoms with E-state index in [-0.39, 0.29) is 17.7 Å². The fraction of sp³-hybridized carbons (Fsp3) is 0.148. The third-order valence-electron chi connectivity index (χ3n) is 16.3. The third kappa shape index (κ3) is 4.83. The second-order valence-corrected chi connectivity index (χ2v) is 24.4. The lowest BCUT2D eigenvalue weighted by Gasteiger charge is -2.52. The molecule has 3 aliphatic heterocycles. The van der Waals surface area contributed by atoms with Crippen LogP contribution in [-0.2, 0) is 10.8 Å². The van der Waals surface area contributed by atoms with Gasteiger partial charge < -0.3 is 14.1 Å². The van der Waals surface area contributed by atoms with Gasteiger partial charge in [0.25, 0.3) is 0 Å². The first-order chi connectivity index (χ1) is 32.2. The molecule has 4 heterocycles. The highest BCUT2D eigenvalue weighted by Crippen LogP contribution is 2.54. The van der Waals surface area contributed by atoms with Gasteiger partial charge in [0.05, 0.1) is 5.69 Å². The van der Waals surface area contributed by atoms with Gasteiger partial charge in [0.1, 0.15) is 5.58 Å². The summed E-state index contributed by atoms with van der Waals surface area (Å²) in [6.07, 6.45) is 2.33. The van der Waals surface area contributed by atoms with Crippen LogP contribution in [0.15, 0.2) is 186 Å². The van der Waals surface area contributed by atoms with Crippen LogP contribution in [0.2, 0.25) is 0 Å². The molecule has 316 valence electrons. The minimum Gasteiger partial charge on any atom is -0.454 e.